The molecule has 1 amide bonds. The molecule has 1 heterocycles. The number of aromatic nitrogens is 2. The van der Waals surface area contributed by atoms with Crippen molar-refractivity contribution in [1.29, 1.82) is 0 Å². The highest BCUT2D eigenvalue weighted by Crippen LogP contribution is 2.16. The quantitative estimate of drug-likeness (QED) is 0.841. The maximum atomic E-state index is 12.1. The predicted molar refractivity (Wildman–Crippen MR) is 86.3 cm³/mol. The molecule has 7 heteroatoms. The first-order chi connectivity index (χ1) is 10.6. The molecule has 118 valence electrons. The van der Waals surface area contributed by atoms with Crippen molar-refractivity contribution in [2.45, 2.75) is 13.5 Å². The van der Waals surface area contributed by atoms with Gasteiger partial charge in [-0.3, -0.25) is 4.79 Å². The standard InChI is InChI=1S/C15H20N4O2S/c1-11-14(18-22-17-11)10-21-13-6-4-5-12(9-13)15(20)16-7-8-19(2)3/h4-6,9H,7-8,10H2,1-3H3,(H,16,20). The molecule has 1 N–H and O–H groups in total. The highest BCUT2D eigenvalue weighted by Gasteiger charge is 2.08. The Labute approximate surface area is 134 Å². The number of carbonyl (C=O) groups excluding carboxylic acids is 1. The molecule has 1 aromatic heterocycles. The fourth-order valence-corrected chi connectivity index (χ4v) is 2.31. The van der Waals surface area contributed by atoms with Gasteiger partial charge in [0.25, 0.3) is 5.91 Å². The second-order valence-electron chi connectivity index (χ2n) is 5.17. The summed E-state index contributed by atoms with van der Waals surface area (Å²) in [5.41, 5.74) is 2.29. The monoisotopic (exact) mass is 320 g/mol. The van der Waals surface area contributed by atoms with Crippen molar-refractivity contribution in [3.8, 4) is 5.75 Å². The number of rotatable bonds is 7. The van der Waals surface area contributed by atoms with Crippen LogP contribution in [0.5, 0.6) is 5.75 Å². The van der Waals surface area contributed by atoms with E-state index < -0.39 is 0 Å². The third-order valence-corrected chi connectivity index (χ3v) is 3.72. The van der Waals surface area contributed by atoms with Gasteiger partial charge in [-0.2, -0.15) is 8.75 Å². The second kappa shape index (κ2) is 7.86. The molecule has 0 saturated carbocycles. The van der Waals surface area contributed by atoms with Crippen LogP contribution in [0.15, 0.2) is 24.3 Å². The molecule has 0 aliphatic carbocycles. The fourth-order valence-electron chi connectivity index (χ4n) is 1.75. The van der Waals surface area contributed by atoms with Gasteiger partial charge in [0.05, 0.1) is 17.4 Å². The van der Waals surface area contributed by atoms with Crippen molar-refractivity contribution in [3.05, 3.63) is 41.2 Å². The topological polar surface area (TPSA) is 67.3 Å². The number of nitrogens with zero attached hydrogens (tertiary/aromatic N) is 3. The van der Waals surface area contributed by atoms with Crippen LogP contribution in [-0.4, -0.2) is 46.7 Å². The van der Waals surface area contributed by atoms with Gasteiger partial charge in [-0.1, -0.05) is 6.07 Å². The van der Waals surface area contributed by atoms with E-state index in [1.54, 1.807) is 12.1 Å². The van der Waals surface area contributed by atoms with Crippen molar-refractivity contribution in [1.82, 2.24) is 19.0 Å². The number of aryl methyl sites for hydroxylation is 1. The summed E-state index contributed by atoms with van der Waals surface area (Å²) in [6.45, 7) is 3.67. The molecule has 0 radical (unpaired) electrons. The minimum absolute atomic E-state index is 0.0983. The Balaban J connectivity index is 1.91. The zero-order valence-corrected chi connectivity index (χ0v) is 13.8. The highest BCUT2D eigenvalue weighted by molar-refractivity contribution is 6.99. The number of benzene rings is 1. The normalized spacial score (nSPS) is 10.7. The predicted octanol–water partition coefficient (Wildman–Crippen LogP) is 1.72. The molecule has 0 fully saturated rings. The molecule has 0 saturated heterocycles. The SMILES string of the molecule is Cc1nsnc1COc1cccc(C(=O)NCCN(C)C)c1. The van der Waals surface area contributed by atoms with Crippen molar-refractivity contribution in [2.24, 2.45) is 0 Å². The molecule has 0 aliphatic rings. The summed E-state index contributed by atoms with van der Waals surface area (Å²) >= 11 is 1.17. The van der Waals surface area contributed by atoms with Gasteiger partial charge in [0.15, 0.2) is 0 Å². The maximum Gasteiger partial charge on any atom is 0.251 e. The second-order valence-corrected chi connectivity index (χ2v) is 5.70. The Morgan fingerprint density at radius 3 is 2.86 bits per heavy atom. The zero-order valence-electron chi connectivity index (χ0n) is 13.0. The average Bonchev–Trinajstić information content (AvgIpc) is 2.90. The molecular formula is C15H20N4O2S. The fraction of sp³-hybridized carbons (Fsp3) is 0.400. The Morgan fingerprint density at radius 1 is 1.36 bits per heavy atom. The van der Waals surface area contributed by atoms with Crippen LogP contribution in [0.25, 0.3) is 0 Å². The van der Waals surface area contributed by atoms with Gasteiger partial charge in [0.1, 0.15) is 18.1 Å². The Bertz CT molecular complexity index is 628. The number of amides is 1. The lowest BCUT2D eigenvalue weighted by Gasteiger charge is -2.11. The average molecular weight is 320 g/mol. The lowest BCUT2D eigenvalue weighted by atomic mass is 10.2. The molecule has 0 bridgehead atoms. The molecule has 0 atom stereocenters. The van der Waals surface area contributed by atoms with Crippen LogP contribution in [0.1, 0.15) is 21.7 Å². The summed E-state index contributed by atoms with van der Waals surface area (Å²) < 4.78 is 14.0. The molecule has 0 spiro atoms. The van der Waals surface area contributed by atoms with E-state index in [0.29, 0.717) is 24.5 Å². The van der Waals surface area contributed by atoms with Gasteiger partial charge in [-0.05, 0) is 39.2 Å². The van der Waals surface area contributed by atoms with E-state index >= 15 is 0 Å². The zero-order chi connectivity index (χ0) is 15.9. The van der Waals surface area contributed by atoms with E-state index in [-0.39, 0.29) is 5.91 Å². The number of hydrogen-bond acceptors (Lipinski definition) is 6. The molecule has 1 aromatic carbocycles. The van der Waals surface area contributed by atoms with E-state index in [9.17, 15) is 4.79 Å². The Morgan fingerprint density at radius 2 is 2.18 bits per heavy atom. The first-order valence-corrected chi connectivity index (χ1v) is 7.73. The van der Waals surface area contributed by atoms with Crippen LogP contribution in [0, 0.1) is 6.92 Å². The number of carbonyl (C=O) groups is 1. The molecular weight excluding hydrogens is 300 g/mol. The van der Waals surface area contributed by atoms with Gasteiger partial charge in [-0.25, -0.2) is 0 Å². The first-order valence-electron chi connectivity index (χ1n) is 7.00. The summed E-state index contributed by atoms with van der Waals surface area (Å²) in [6, 6.07) is 7.14. The minimum atomic E-state index is -0.0983. The Kier molecular flexibility index (Phi) is 5.85. The van der Waals surface area contributed by atoms with Gasteiger partial charge in [0.2, 0.25) is 0 Å². The van der Waals surface area contributed by atoms with Crippen molar-refractivity contribution >= 4 is 17.6 Å². The molecule has 0 unspecified atom stereocenters. The summed E-state index contributed by atoms with van der Waals surface area (Å²) in [5.74, 6) is 0.548. The van der Waals surface area contributed by atoms with Crippen molar-refractivity contribution < 1.29 is 9.53 Å². The van der Waals surface area contributed by atoms with Gasteiger partial charge in [-0.15, -0.1) is 0 Å². The molecule has 22 heavy (non-hydrogen) atoms. The van der Waals surface area contributed by atoms with Crippen LogP contribution >= 0.6 is 11.7 Å². The maximum absolute atomic E-state index is 12.1. The van der Waals surface area contributed by atoms with Gasteiger partial charge < -0.3 is 15.0 Å². The highest BCUT2D eigenvalue weighted by atomic mass is 32.1. The van der Waals surface area contributed by atoms with Gasteiger partial charge in [0, 0.05) is 18.7 Å². The van der Waals surface area contributed by atoms with Crippen LogP contribution in [0.3, 0.4) is 0 Å². The third kappa shape index (κ3) is 4.78. The van der Waals surface area contributed by atoms with Crippen LogP contribution in [-0.2, 0) is 6.61 Å². The molecule has 2 rings (SSSR count). The largest absolute Gasteiger partial charge is 0.487 e. The van der Waals surface area contributed by atoms with Crippen molar-refractivity contribution in [2.75, 3.05) is 27.2 Å². The smallest absolute Gasteiger partial charge is 0.251 e. The lowest BCUT2D eigenvalue weighted by Crippen LogP contribution is -2.31. The number of likely N-dealkylation sites (N-methyl/N-ethyl adjacent to an activating group) is 1. The Hall–Kier alpha value is -1.99. The van der Waals surface area contributed by atoms with Crippen molar-refractivity contribution in [3.63, 3.8) is 0 Å². The van der Waals surface area contributed by atoms with E-state index in [1.165, 1.54) is 11.7 Å². The summed E-state index contributed by atoms with van der Waals surface area (Å²) in [4.78, 5) is 14.1. The van der Waals surface area contributed by atoms with E-state index in [0.717, 1.165) is 17.9 Å². The first kappa shape index (κ1) is 16.4. The van der Waals surface area contributed by atoms with Crippen LogP contribution in [0.4, 0.5) is 0 Å². The van der Waals surface area contributed by atoms with Crippen LogP contribution < -0.4 is 10.1 Å². The van der Waals surface area contributed by atoms with E-state index in [2.05, 4.69) is 14.1 Å². The van der Waals surface area contributed by atoms with Gasteiger partial charge >= 0.3 is 0 Å². The van der Waals surface area contributed by atoms with E-state index in [4.69, 9.17) is 4.74 Å². The van der Waals surface area contributed by atoms with E-state index in [1.807, 2.05) is 38.1 Å². The molecule has 2 aromatic rings. The number of ether oxygens (including phenoxy) is 1. The summed E-state index contributed by atoms with van der Waals surface area (Å²) in [5, 5.41) is 2.88. The molecule has 6 nitrogen and oxygen atoms in total. The summed E-state index contributed by atoms with van der Waals surface area (Å²) in [6.07, 6.45) is 0. The number of hydrogen-bond donors (Lipinski definition) is 1. The molecule has 0 aliphatic heterocycles. The lowest BCUT2D eigenvalue weighted by molar-refractivity contribution is 0.0950. The van der Waals surface area contributed by atoms with Crippen LogP contribution in [0.2, 0.25) is 0 Å². The summed E-state index contributed by atoms with van der Waals surface area (Å²) in [7, 11) is 3.94. The minimum Gasteiger partial charge on any atom is -0.487 e. The number of nitrogens with one attached hydrogen (secondary N) is 1. The third-order valence-electron chi connectivity index (χ3n) is 3.06.